The quantitative estimate of drug-likeness (QED) is 0.769. The maximum Gasteiger partial charge on any atom is 0.228 e. The van der Waals surface area contributed by atoms with Crippen LogP contribution in [0.25, 0.3) is 0 Å². The van der Waals surface area contributed by atoms with Gasteiger partial charge >= 0.3 is 0 Å². The third-order valence-electron chi connectivity index (χ3n) is 3.22. The number of rotatable bonds is 9. The van der Waals surface area contributed by atoms with Crippen LogP contribution in [0.1, 0.15) is 38.4 Å². The molecule has 0 bridgehead atoms. The molecule has 1 N–H and O–H groups in total. The summed E-state index contributed by atoms with van der Waals surface area (Å²) in [5, 5.41) is 7.44. The fourth-order valence-electron chi connectivity index (χ4n) is 2.02. The van der Waals surface area contributed by atoms with Crippen molar-refractivity contribution in [2.24, 2.45) is 0 Å². The first-order valence-corrected chi connectivity index (χ1v) is 7.54. The molecule has 1 aromatic carbocycles. The van der Waals surface area contributed by atoms with Crippen molar-refractivity contribution in [2.45, 2.75) is 45.8 Å². The summed E-state index contributed by atoms with van der Waals surface area (Å²) in [6.45, 7) is 5.65. The standard InChI is InChI=1S/C16H23N3O2/c1-3-10-17-13(4-2)11-16-18-15(19-21-16)12-20-14-8-6-5-7-9-14/h5-9,13,17H,3-4,10-12H2,1-2H3. The Bertz CT molecular complexity index is 513. The molecule has 1 unspecified atom stereocenters. The van der Waals surface area contributed by atoms with Gasteiger partial charge in [0.2, 0.25) is 11.7 Å². The lowest BCUT2D eigenvalue weighted by atomic mass is 10.1. The Balaban J connectivity index is 1.83. The Kier molecular flexibility index (Phi) is 6.22. The average Bonchev–Trinajstić information content (AvgIpc) is 2.98. The molecule has 2 rings (SSSR count). The molecule has 5 heteroatoms. The number of hydrogen-bond donors (Lipinski definition) is 1. The Labute approximate surface area is 125 Å². The van der Waals surface area contributed by atoms with Gasteiger partial charge < -0.3 is 14.6 Å². The fraction of sp³-hybridized carbons (Fsp3) is 0.500. The van der Waals surface area contributed by atoms with Gasteiger partial charge in [-0.2, -0.15) is 4.98 Å². The van der Waals surface area contributed by atoms with E-state index < -0.39 is 0 Å². The van der Waals surface area contributed by atoms with E-state index in [-0.39, 0.29) is 0 Å². The molecule has 114 valence electrons. The van der Waals surface area contributed by atoms with Gasteiger partial charge in [-0.15, -0.1) is 0 Å². The Hall–Kier alpha value is -1.88. The van der Waals surface area contributed by atoms with Gasteiger partial charge in [0.25, 0.3) is 0 Å². The number of nitrogens with one attached hydrogen (secondary N) is 1. The molecule has 0 fully saturated rings. The monoisotopic (exact) mass is 289 g/mol. The molecule has 5 nitrogen and oxygen atoms in total. The number of benzene rings is 1. The predicted molar refractivity (Wildman–Crippen MR) is 81.1 cm³/mol. The topological polar surface area (TPSA) is 60.2 Å². The average molecular weight is 289 g/mol. The Morgan fingerprint density at radius 2 is 2.05 bits per heavy atom. The van der Waals surface area contributed by atoms with E-state index in [1.807, 2.05) is 30.3 Å². The lowest BCUT2D eigenvalue weighted by Gasteiger charge is -2.13. The van der Waals surface area contributed by atoms with Crippen LogP contribution < -0.4 is 10.1 Å². The molecule has 0 radical (unpaired) electrons. The third kappa shape index (κ3) is 5.19. The van der Waals surface area contributed by atoms with Crippen molar-refractivity contribution in [1.29, 1.82) is 0 Å². The summed E-state index contributed by atoms with van der Waals surface area (Å²) in [7, 11) is 0. The second-order valence-corrected chi connectivity index (χ2v) is 4.97. The summed E-state index contributed by atoms with van der Waals surface area (Å²) in [6, 6.07) is 10.0. The highest BCUT2D eigenvalue weighted by Gasteiger charge is 2.12. The molecule has 1 heterocycles. The Morgan fingerprint density at radius 3 is 2.76 bits per heavy atom. The number of ether oxygens (including phenoxy) is 1. The molecule has 1 atom stereocenters. The lowest BCUT2D eigenvalue weighted by Crippen LogP contribution is -2.31. The minimum absolute atomic E-state index is 0.326. The minimum atomic E-state index is 0.326. The van der Waals surface area contributed by atoms with Crippen molar-refractivity contribution in [3.63, 3.8) is 0 Å². The fourth-order valence-corrected chi connectivity index (χ4v) is 2.02. The first kappa shape index (κ1) is 15.5. The van der Waals surface area contributed by atoms with Crippen LogP contribution in [0.2, 0.25) is 0 Å². The number of nitrogens with zero attached hydrogens (tertiary/aromatic N) is 2. The zero-order chi connectivity index (χ0) is 14.9. The summed E-state index contributed by atoms with van der Waals surface area (Å²) in [6.07, 6.45) is 2.92. The van der Waals surface area contributed by atoms with E-state index in [1.54, 1.807) is 0 Å². The van der Waals surface area contributed by atoms with Crippen LogP contribution in [0, 0.1) is 0 Å². The normalized spacial score (nSPS) is 12.3. The summed E-state index contributed by atoms with van der Waals surface area (Å²) in [5.74, 6) is 2.05. The first-order valence-electron chi connectivity index (χ1n) is 7.54. The summed E-state index contributed by atoms with van der Waals surface area (Å²) in [5.41, 5.74) is 0. The molecule has 0 saturated carbocycles. The van der Waals surface area contributed by atoms with E-state index in [1.165, 1.54) is 0 Å². The maximum atomic E-state index is 5.60. The summed E-state index contributed by atoms with van der Waals surface area (Å²) < 4.78 is 10.9. The lowest BCUT2D eigenvalue weighted by molar-refractivity contribution is 0.284. The number of para-hydroxylation sites is 1. The van der Waals surface area contributed by atoms with E-state index in [0.717, 1.165) is 31.6 Å². The van der Waals surface area contributed by atoms with Crippen LogP contribution in [0.15, 0.2) is 34.9 Å². The molecule has 0 amide bonds. The molecule has 0 saturated heterocycles. The van der Waals surface area contributed by atoms with Crippen molar-refractivity contribution in [3.05, 3.63) is 42.0 Å². The summed E-state index contributed by atoms with van der Waals surface area (Å²) >= 11 is 0. The van der Waals surface area contributed by atoms with Gasteiger partial charge in [0, 0.05) is 12.5 Å². The molecule has 0 aliphatic carbocycles. The third-order valence-corrected chi connectivity index (χ3v) is 3.22. The van der Waals surface area contributed by atoms with Gasteiger partial charge in [-0.1, -0.05) is 37.2 Å². The van der Waals surface area contributed by atoms with Gasteiger partial charge in [-0.05, 0) is 31.5 Å². The van der Waals surface area contributed by atoms with E-state index >= 15 is 0 Å². The molecule has 0 aliphatic heterocycles. The number of aromatic nitrogens is 2. The van der Waals surface area contributed by atoms with Crippen molar-refractivity contribution < 1.29 is 9.26 Å². The SMILES string of the molecule is CCCNC(CC)Cc1nc(COc2ccccc2)no1. The van der Waals surface area contributed by atoms with Gasteiger partial charge in [0.1, 0.15) is 5.75 Å². The van der Waals surface area contributed by atoms with Gasteiger partial charge in [-0.3, -0.25) is 0 Å². The van der Waals surface area contributed by atoms with E-state index in [9.17, 15) is 0 Å². The maximum absolute atomic E-state index is 5.60. The zero-order valence-corrected chi connectivity index (χ0v) is 12.7. The van der Waals surface area contributed by atoms with Crippen LogP contribution in [0.4, 0.5) is 0 Å². The van der Waals surface area contributed by atoms with Crippen LogP contribution in [0.5, 0.6) is 5.75 Å². The largest absolute Gasteiger partial charge is 0.485 e. The second-order valence-electron chi connectivity index (χ2n) is 4.97. The highest BCUT2D eigenvalue weighted by Crippen LogP contribution is 2.11. The summed E-state index contributed by atoms with van der Waals surface area (Å²) in [4.78, 5) is 4.38. The molecule has 1 aromatic heterocycles. The Morgan fingerprint density at radius 1 is 1.24 bits per heavy atom. The predicted octanol–water partition coefficient (Wildman–Crippen LogP) is 2.97. The van der Waals surface area contributed by atoms with E-state index in [4.69, 9.17) is 9.26 Å². The molecule has 2 aromatic rings. The molecule has 0 spiro atoms. The van der Waals surface area contributed by atoms with Crippen LogP contribution in [-0.2, 0) is 13.0 Å². The zero-order valence-electron chi connectivity index (χ0n) is 12.7. The number of hydrogen-bond acceptors (Lipinski definition) is 5. The highest BCUT2D eigenvalue weighted by molar-refractivity contribution is 5.20. The van der Waals surface area contributed by atoms with Crippen LogP contribution >= 0.6 is 0 Å². The van der Waals surface area contributed by atoms with Crippen LogP contribution in [-0.4, -0.2) is 22.7 Å². The van der Waals surface area contributed by atoms with Gasteiger partial charge in [0.15, 0.2) is 6.61 Å². The van der Waals surface area contributed by atoms with E-state index in [2.05, 4.69) is 29.3 Å². The molecular weight excluding hydrogens is 266 g/mol. The molecule has 0 aliphatic rings. The smallest absolute Gasteiger partial charge is 0.228 e. The molecule has 21 heavy (non-hydrogen) atoms. The minimum Gasteiger partial charge on any atom is -0.485 e. The molecular formula is C16H23N3O2. The van der Waals surface area contributed by atoms with Crippen molar-refractivity contribution in [2.75, 3.05) is 6.54 Å². The van der Waals surface area contributed by atoms with Crippen molar-refractivity contribution >= 4 is 0 Å². The van der Waals surface area contributed by atoms with Crippen molar-refractivity contribution in [1.82, 2.24) is 15.5 Å². The second kappa shape index (κ2) is 8.42. The van der Waals surface area contributed by atoms with Crippen molar-refractivity contribution in [3.8, 4) is 5.75 Å². The first-order chi connectivity index (χ1) is 10.3. The highest BCUT2D eigenvalue weighted by atomic mass is 16.5. The van der Waals surface area contributed by atoms with Crippen LogP contribution in [0.3, 0.4) is 0 Å². The van der Waals surface area contributed by atoms with Gasteiger partial charge in [-0.25, -0.2) is 0 Å². The van der Waals surface area contributed by atoms with Gasteiger partial charge in [0.05, 0.1) is 0 Å². The van der Waals surface area contributed by atoms with E-state index in [0.29, 0.717) is 24.4 Å².